The van der Waals surface area contributed by atoms with E-state index in [4.69, 9.17) is 16.3 Å². The number of carbonyl (C=O) groups is 1. The van der Waals surface area contributed by atoms with E-state index in [0.717, 1.165) is 22.6 Å². The van der Waals surface area contributed by atoms with Gasteiger partial charge in [0.15, 0.2) is 5.65 Å². The molecule has 7 heteroatoms. The molecule has 0 unspecified atom stereocenters. The van der Waals surface area contributed by atoms with Crippen molar-refractivity contribution in [1.82, 2.24) is 19.5 Å². The lowest BCUT2D eigenvalue weighted by molar-refractivity contribution is 0.0240. The molecular formula is C14H17ClN4O2. The lowest BCUT2D eigenvalue weighted by atomic mass is 10.2. The number of hydrogen-bond donors (Lipinski definition) is 0. The van der Waals surface area contributed by atoms with E-state index in [1.54, 1.807) is 15.6 Å². The van der Waals surface area contributed by atoms with Crippen LogP contribution in [0.4, 0.5) is 4.79 Å². The predicted molar refractivity (Wildman–Crippen MR) is 78.2 cm³/mol. The molecule has 0 N–H and O–H groups in total. The monoisotopic (exact) mass is 308 g/mol. The van der Waals surface area contributed by atoms with Crippen molar-refractivity contribution >= 4 is 23.3 Å². The van der Waals surface area contributed by atoms with Gasteiger partial charge in [-0.2, -0.15) is 5.10 Å². The first-order chi connectivity index (χ1) is 9.76. The Morgan fingerprint density at radius 3 is 2.76 bits per heavy atom. The molecule has 0 aliphatic carbocycles. The molecule has 0 fully saturated rings. The lowest BCUT2D eigenvalue weighted by Gasteiger charge is -2.24. The number of ether oxygens (including phenoxy) is 1. The van der Waals surface area contributed by atoms with Crippen LogP contribution in [-0.4, -0.2) is 31.2 Å². The fourth-order valence-electron chi connectivity index (χ4n) is 2.34. The average molecular weight is 309 g/mol. The predicted octanol–water partition coefficient (Wildman–Crippen LogP) is 2.94. The fraction of sp³-hybridized carbons (Fsp3) is 0.500. The smallest absolute Gasteiger partial charge is 0.410 e. The summed E-state index contributed by atoms with van der Waals surface area (Å²) in [6.07, 6.45) is 1.29. The number of aromatic nitrogens is 3. The van der Waals surface area contributed by atoms with Crippen LogP contribution in [0.2, 0.25) is 5.02 Å². The Morgan fingerprint density at radius 1 is 1.38 bits per heavy atom. The van der Waals surface area contributed by atoms with E-state index in [1.165, 1.54) is 0 Å². The number of amides is 1. The molecule has 21 heavy (non-hydrogen) atoms. The maximum atomic E-state index is 12.1. The van der Waals surface area contributed by atoms with Gasteiger partial charge >= 0.3 is 6.09 Å². The van der Waals surface area contributed by atoms with Gasteiger partial charge in [0.1, 0.15) is 5.60 Å². The molecule has 0 aromatic carbocycles. The molecule has 1 aliphatic heterocycles. The Morgan fingerprint density at radius 2 is 2.10 bits per heavy atom. The molecule has 1 aliphatic rings. The van der Waals surface area contributed by atoms with E-state index in [9.17, 15) is 4.79 Å². The van der Waals surface area contributed by atoms with Crippen LogP contribution >= 0.6 is 11.6 Å². The topological polar surface area (TPSA) is 59.7 Å². The zero-order chi connectivity index (χ0) is 15.4. The third-order valence-electron chi connectivity index (χ3n) is 3.34. The summed E-state index contributed by atoms with van der Waals surface area (Å²) in [6, 6.07) is 0. The summed E-state index contributed by atoms with van der Waals surface area (Å²) in [5.74, 6) is 0. The number of halogens is 1. The first-order valence-electron chi connectivity index (χ1n) is 6.76. The zero-order valence-electron chi connectivity index (χ0n) is 12.5. The molecule has 0 saturated carbocycles. The Labute approximate surface area is 127 Å². The molecule has 0 bridgehead atoms. The van der Waals surface area contributed by atoms with Crippen molar-refractivity contribution in [1.29, 1.82) is 0 Å². The first-order valence-corrected chi connectivity index (χ1v) is 7.13. The molecule has 1 amide bonds. The molecule has 2 aromatic rings. The minimum Gasteiger partial charge on any atom is -0.444 e. The maximum Gasteiger partial charge on any atom is 0.410 e. The SMILES string of the molecule is Cc1c(Cl)cnc2c3c(nn12)CN(C(=O)OC(C)(C)C)C3. The number of carbonyl (C=O) groups excluding carboxylic acids is 1. The van der Waals surface area contributed by atoms with Gasteiger partial charge in [-0.15, -0.1) is 0 Å². The van der Waals surface area contributed by atoms with E-state index >= 15 is 0 Å². The Hall–Kier alpha value is -1.82. The summed E-state index contributed by atoms with van der Waals surface area (Å²) in [6.45, 7) is 8.34. The first kappa shape index (κ1) is 14.1. The lowest BCUT2D eigenvalue weighted by Crippen LogP contribution is -2.33. The van der Waals surface area contributed by atoms with Crippen molar-refractivity contribution in [3.63, 3.8) is 0 Å². The van der Waals surface area contributed by atoms with Crippen molar-refractivity contribution in [2.75, 3.05) is 0 Å². The van der Waals surface area contributed by atoms with Crippen molar-refractivity contribution < 1.29 is 9.53 Å². The molecule has 0 radical (unpaired) electrons. The number of fused-ring (bicyclic) bond motifs is 3. The normalized spacial score (nSPS) is 14.6. The number of nitrogens with zero attached hydrogens (tertiary/aromatic N) is 4. The van der Waals surface area contributed by atoms with Gasteiger partial charge in [-0.25, -0.2) is 14.3 Å². The van der Waals surface area contributed by atoms with Crippen molar-refractivity contribution in [3.8, 4) is 0 Å². The highest BCUT2D eigenvalue weighted by Crippen LogP contribution is 2.28. The van der Waals surface area contributed by atoms with E-state index in [0.29, 0.717) is 18.1 Å². The summed E-state index contributed by atoms with van der Waals surface area (Å²) in [5, 5.41) is 5.08. The van der Waals surface area contributed by atoms with Gasteiger partial charge in [0.05, 0.1) is 29.5 Å². The van der Waals surface area contributed by atoms with Crippen LogP contribution in [0.3, 0.4) is 0 Å². The standard InChI is InChI=1S/C14H17ClN4O2/c1-8-10(15)5-16-12-9-6-18(7-11(9)17-19(8)12)13(20)21-14(2,3)4/h5H,6-7H2,1-4H3. The van der Waals surface area contributed by atoms with E-state index in [2.05, 4.69) is 10.1 Å². The minimum absolute atomic E-state index is 0.329. The summed E-state index contributed by atoms with van der Waals surface area (Å²) < 4.78 is 7.12. The van der Waals surface area contributed by atoms with E-state index < -0.39 is 5.60 Å². The van der Waals surface area contributed by atoms with Gasteiger partial charge in [0.2, 0.25) is 0 Å². The highest BCUT2D eigenvalue weighted by molar-refractivity contribution is 6.31. The maximum absolute atomic E-state index is 12.1. The Balaban J connectivity index is 1.89. The van der Waals surface area contributed by atoms with Gasteiger partial charge in [-0.3, -0.25) is 4.90 Å². The van der Waals surface area contributed by atoms with Crippen LogP contribution in [0.15, 0.2) is 6.20 Å². The number of hydrogen-bond acceptors (Lipinski definition) is 4. The number of rotatable bonds is 0. The second-order valence-corrected chi connectivity index (χ2v) is 6.60. The molecule has 0 saturated heterocycles. The Bertz CT molecular complexity index is 733. The average Bonchev–Trinajstić information content (AvgIpc) is 2.89. The van der Waals surface area contributed by atoms with Crippen molar-refractivity contribution in [2.45, 2.75) is 46.4 Å². The molecule has 3 heterocycles. The molecule has 0 spiro atoms. The second-order valence-electron chi connectivity index (χ2n) is 6.19. The quantitative estimate of drug-likeness (QED) is 0.751. The highest BCUT2D eigenvalue weighted by Gasteiger charge is 2.32. The molecule has 3 rings (SSSR count). The van der Waals surface area contributed by atoms with Crippen LogP contribution in [0.5, 0.6) is 0 Å². The Kier molecular flexibility index (Phi) is 3.09. The molecule has 6 nitrogen and oxygen atoms in total. The minimum atomic E-state index is -0.504. The molecular weight excluding hydrogens is 292 g/mol. The van der Waals surface area contributed by atoms with Crippen LogP contribution < -0.4 is 0 Å². The van der Waals surface area contributed by atoms with Gasteiger partial charge in [0.25, 0.3) is 0 Å². The second kappa shape index (κ2) is 4.59. The van der Waals surface area contributed by atoms with Crippen LogP contribution in [0.25, 0.3) is 5.65 Å². The van der Waals surface area contributed by atoms with Crippen LogP contribution in [0, 0.1) is 6.92 Å². The number of aryl methyl sites for hydroxylation is 1. The summed E-state index contributed by atoms with van der Waals surface area (Å²) >= 11 is 6.05. The molecule has 2 aromatic heterocycles. The summed E-state index contributed by atoms with van der Waals surface area (Å²) in [5.41, 5.74) is 2.90. The summed E-state index contributed by atoms with van der Waals surface area (Å²) in [4.78, 5) is 18.1. The van der Waals surface area contributed by atoms with Crippen molar-refractivity contribution in [3.05, 3.63) is 28.2 Å². The van der Waals surface area contributed by atoms with E-state index in [1.807, 2.05) is 27.7 Å². The van der Waals surface area contributed by atoms with Crippen LogP contribution in [0.1, 0.15) is 37.7 Å². The summed E-state index contributed by atoms with van der Waals surface area (Å²) in [7, 11) is 0. The fourth-order valence-corrected chi connectivity index (χ4v) is 2.47. The van der Waals surface area contributed by atoms with Gasteiger partial charge < -0.3 is 4.74 Å². The molecule has 0 atom stereocenters. The third-order valence-corrected chi connectivity index (χ3v) is 3.72. The zero-order valence-corrected chi connectivity index (χ0v) is 13.2. The van der Waals surface area contributed by atoms with Crippen molar-refractivity contribution in [2.24, 2.45) is 0 Å². The van der Waals surface area contributed by atoms with Crippen LogP contribution in [-0.2, 0) is 17.8 Å². The van der Waals surface area contributed by atoms with E-state index in [-0.39, 0.29) is 6.09 Å². The van der Waals surface area contributed by atoms with Gasteiger partial charge in [-0.1, -0.05) is 11.6 Å². The largest absolute Gasteiger partial charge is 0.444 e. The third kappa shape index (κ3) is 2.44. The highest BCUT2D eigenvalue weighted by atomic mass is 35.5. The van der Waals surface area contributed by atoms with Gasteiger partial charge in [-0.05, 0) is 27.7 Å². The molecule has 112 valence electrons. The van der Waals surface area contributed by atoms with Gasteiger partial charge in [0, 0.05) is 11.8 Å².